The van der Waals surface area contributed by atoms with E-state index in [-0.39, 0.29) is 11.9 Å². The van der Waals surface area contributed by atoms with Crippen LogP contribution in [0.2, 0.25) is 0 Å². The highest BCUT2D eigenvalue weighted by atomic mass is 16.5. The Kier molecular flexibility index (Phi) is 14.0. The SMILES string of the molecule is COC(=O)CCc1ccc(N(c2ccc(-c3ccccc3)cc2)c2ccc(-c3nc4ccccc4nc3-c3ccc(N(c4ccc(CCC(=O)OC)cc4)c4ccc(-c5ccccc5)cc4)cc3)cc2)cc1. The first-order valence-corrected chi connectivity index (χ1v) is 24.1. The molecule has 10 aromatic rings. The van der Waals surface area contributed by atoms with E-state index in [1.807, 2.05) is 36.4 Å². The normalized spacial score (nSPS) is 11.0. The number of benzene rings is 9. The number of para-hydroxylation sites is 2. The van der Waals surface area contributed by atoms with E-state index in [9.17, 15) is 9.59 Å². The molecule has 0 N–H and O–H groups in total. The number of methoxy groups -OCH3 is 2. The zero-order chi connectivity index (χ0) is 49.2. The summed E-state index contributed by atoms with van der Waals surface area (Å²) in [7, 11) is 2.84. The van der Waals surface area contributed by atoms with Crippen LogP contribution >= 0.6 is 0 Å². The van der Waals surface area contributed by atoms with Crippen LogP contribution in [0.3, 0.4) is 0 Å². The summed E-state index contributed by atoms with van der Waals surface area (Å²) in [5.74, 6) is -0.451. The van der Waals surface area contributed by atoms with Gasteiger partial charge in [-0.1, -0.05) is 146 Å². The number of fused-ring (bicyclic) bond motifs is 1. The van der Waals surface area contributed by atoms with E-state index < -0.39 is 0 Å². The third-order valence-electron chi connectivity index (χ3n) is 12.9. The number of ether oxygens (including phenoxy) is 2. The van der Waals surface area contributed by atoms with Crippen molar-refractivity contribution in [2.45, 2.75) is 25.7 Å². The lowest BCUT2D eigenvalue weighted by Gasteiger charge is -2.26. The minimum absolute atomic E-state index is 0.225. The van der Waals surface area contributed by atoms with E-state index in [0.717, 1.165) is 101 Å². The highest BCUT2D eigenvalue weighted by Crippen LogP contribution is 2.41. The highest BCUT2D eigenvalue weighted by Gasteiger charge is 2.19. The molecule has 0 fully saturated rings. The van der Waals surface area contributed by atoms with Gasteiger partial charge >= 0.3 is 11.9 Å². The predicted octanol–water partition coefficient (Wildman–Crippen LogP) is 15.4. The number of anilines is 6. The Labute approximate surface area is 420 Å². The van der Waals surface area contributed by atoms with Gasteiger partial charge < -0.3 is 19.3 Å². The quantitative estimate of drug-likeness (QED) is 0.0886. The number of hydrogen-bond acceptors (Lipinski definition) is 8. The van der Waals surface area contributed by atoms with E-state index >= 15 is 0 Å². The van der Waals surface area contributed by atoms with Gasteiger partial charge in [0.1, 0.15) is 0 Å². The second-order valence-corrected chi connectivity index (χ2v) is 17.5. The number of rotatable bonds is 16. The maximum Gasteiger partial charge on any atom is 0.305 e. The van der Waals surface area contributed by atoms with Gasteiger partial charge in [0, 0.05) is 58.1 Å². The Bertz CT molecular complexity index is 3190. The lowest BCUT2D eigenvalue weighted by Crippen LogP contribution is -2.10. The molecule has 0 amide bonds. The van der Waals surface area contributed by atoms with Crippen LogP contribution in [-0.4, -0.2) is 36.1 Å². The van der Waals surface area contributed by atoms with Gasteiger partial charge in [-0.25, -0.2) is 9.97 Å². The summed E-state index contributed by atoms with van der Waals surface area (Å²) in [6.07, 6.45) is 1.84. The molecule has 8 heteroatoms. The summed E-state index contributed by atoms with van der Waals surface area (Å²) in [5.41, 5.74) is 17.7. The Morgan fingerprint density at radius 3 is 0.903 bits per heavy atom. The largest absolute Gasteiger partial charge is 0.469 e. The van der Waals surface area contributed by atoms with Crippen molar-refractivity contribution in [2.24, 2.45) is 0 Å². The van der Waals surface area contributed by atoms with Crippen LogP contribution in [0.4, 0.5) is 34.1 Å². The monoisotopic (exact) mass is 940 g/mol. The molecule has 0 atom stereocenters. The smallest absolute Gasteiger partial charge is 0.305 e. The maximum absolute atomic E-state index is 11.9. The van der Waals surface area contributed by atoms with E-state index in [1.165, 1.54) is 14.2 Å². The topological polar surface area (TPSA) is 84.9 Å². The molecule has 9 aromatic carbocycles. The van der Waals surface area contributed by atoms with Gasteiger partial charge in [-0.3, -0.25) is 9.59 Å². The standard InChI is InChI=1S/C64H52N4O4/c1-71-61(69)43-21-45-17-31-53(32-18-45)67(55-35-23-49(24-36-55)47-11-5-3-6-12-47)57-39-27-51(28-40-57)63-64(66-60-16-10-9-15-59(60)65-63)52-29-41-58(42-30-52)68(54-33-19-46(20-34-54)22-44-62(70)72-2)56-37-25-50(26-38-56)48-13-7-4-8-14-48/h3-20,23-42H,21-22,43-44H2,1-2H3. The third-order valence-corrected chi connectivity index (χ3v) is 12.9. The summed E-state index contributed by atoms with van der Waals surface area (Å²) in [5, 5.41) is 0. The molecule has 1 aromatic heterocycles. The molecule has 0 bridgehead atoms. The van der Waals surface area contributed by atoms with Crippen LogP contribution < -0.4 is 9.80 Å². The number of hydrogen-bond donors (Lipinski definition) is 0. The summed E-state index contributed by atoms with van der Waals surface area (Å²) >= 11 is 0. The number of carbonyl (C=O) groups is 2. The molecule has 0 spiro atoms. The molecule has 1 heterocycles. The van der Waals surface area contributed by atoms with Crippen LogP contribution in [0.5, 0.6) is 0 Å². The summed E-state index contributed by atoms with van der Waals surface area (Å²) in [6, 6.07) is 79.8. The Morgan fingerprint density at radius 1 is 0.333 bits per heavy atom. The number of carbonyl (C=O) groups excluding carboxylic acids is 2. The second kappa shape index (κ2) is 21.7. The van der Waals surface area contributed by atoms with Crippen LogP contribution in [0.15, 0.2) is 231 Å². The van der Waals surface area contributed by atoms with Crippen molar-refractivity contribution in [1.29, 1.82) is 0 Å². The fraction of sp³-hybridized carbons (Fsp3) is 0.0938. The molecule has 0 unspecified atom stereocenters. The maximum atomic E-state index is 11.9. The van der Waals surface area contributed by atoms with Crippen molar-refractivity contribution in [1.82, 2.24) is 9.97 Å². The van der Waals surface area contributed by atoms with Crippen LogP contribution in [0.25, 0.3) is 55.8 Å². The molecule has 0 radical (unpaired) electrons. The molecule has 0 aliphatic carbocycles. The molecule has 352 valence electrons. The first-order chi connectivity index (χ1) is 35.4. The van der Waals surface area contributed by atoms with Crippen molar-refractivity contribution in [3.05, 3.63) is 242 Å². The van der Waals surface area contributed by atoms with Gasteiger partial charge in [0.15, 0.2) is 0 Å². The van der Waals surface area contributed by atoms with Crippen molar-refractivity contribution in [3.8, 4) is 44.8 Å². The molecule has 0 saturated carbocycles. The highest BCUT2D eigenvalue weighted by molar-refractivity contribution is 5.89. The van der Waals surface area contributed by atoms with Crippen LogP contribution in [0.1, 0.15) is 24.0 Å². The third kappa shape index (κ3) is 10.5. The van der Waals surface area contributed by atoms with E-state index in [2.05, 4.69) is 204 Å². The van der Waals surface area contributed by atoms with Crippen LogP contribution in [0, 0.1) is 0 Å². The summed E-state index contributed by atoms with van der Waals surface area (Å²) in [4.78, 5) is 38.9. The molecular weight excluding hydrogens is 889 g/mol. The van der Waals surface area contributed by atoms with Gasteiger partial charge in [-0.05, 0) is 131 Å². The minimum atomic E-state index is -0.225. The van der Waals surface area contributed by atoms with E-state index in [4.69, 9.17) is 19.4 Å². The average Bonchev–Trinajstić information content (AvgIpc) is 3.45. The van der Waals surface area contributed by atoms with Crippen molar-refractivity contribution < 1.29 is 19.1 Å². The van der Waals surface area contributed by atoms with Gasteiger partial charge in [-0.15, -0.1) is 0 Å². The minimum Gasteiger partial charge on any atom is -0.469 e. The molecule has 0 aliphatic heterocycles. The van der Waals surface area contributed by atoms with E-state index in [1.54, 1.807) is 0 Å². The molecule has 0 aliphatic rings. The number of aromatic nitrogens is 2. The van der Waals surface area contributed by atoms with Gasteiger partial charge in [0.25, 0.3) is 0 Å². The molecule has 0 saturated heterocycles. The van der Waals surface area contributed by atoms with E-state index in [0.29, 0.717) is 25.7 Å². The van der Waals surface area contributed by atoms with Gasteiger partial charge in [0.05, 0.1) is 36.6 Å². The zero-order valence-electron chi connectivity index (χ0n) is 40.2. The molecule has 8 nitrogen and oxygen atoms in total. The Morgan fingerprint density at radius 2 is 0.597 bits per heavy atom. The molecule has 10 rings (SSSR count). The fourth-order valence-corrected chi connectivity index (χ4v) is 9.02. The molecular formula is C64H52N4O4. The number of nitrogens with zero attached hydrogens (tertiary/aromatic N) is 4. The fourth-order valence-electron chi connectivity index (χ4n) is 9.02. The van der Waals surface area contributed by atoms with Crippen molar-refractivity contribution in [2.75, 3.05) is 24.0 Å². The first-order valence-electron chi connectivity index (χ1n) is 24.1. The summed E-state index contributed by atoms with van der Waals surface area (Å²) in [6.45, 7) is 0. The molecule has 72 heavy (non-hydrogen) atoms. The zero-order valence-corrected chi connectivity index (χ0v) is 40.2. The Hall–Kier alpha value is -9.14. The number of aryl methyl sites for hydroxylation is 2. The lowest BCUT2D eigenvalue weighted by molar-refractivity contribution is -0.141. The van der Waals surface area contributed by atoms with Crippen molar-refractivity contribution >= 4 is 57.1 Å². The van der Waals surface area contributed by atoms with Crippen molar-refractivity contribution in [3.63, 3.8) is 0 Å². The second-order valence-electron chi connectivity index (χ2n) is 17.5. The Balaban J connectivity index is 0.997. The summed E-state index contributed by atoms with van der Waals surface area (Å²) < 4.78 is 9.79. The van der Waals surface area contributed by atoms with Gasteiger partial charge in [0.2, 0.25) is 0 Å². The first kappa shape index (κ1) is 46.6. The lowest BCUT2D eigenvalue weighted by atomic mass is 10.0. The predicted molar refractivity (Wildman–Crippen MR) is 291 cm³/mol. The number of esters is 2. The van der Waals surface area contributed by atoms with Crippen LogP contribution in [-0.2, 0) is 31.9 Å². The average molecular weight is 941 g/mol. The van der Waals surface area contributed by atoms with Gasteiger partial charge in [-0.2, -0.15) is 0 Å².